The van der Waals surface area contributed by atoms with E-state index in [0.29, 0.717) is 11.6 Å². The van der Waals surface area contributed by atoms with Gasteiger partial charge in [0.25, 0.3) is 5.91 Å². The van der Waals surface area contributed by atoms with E-state index in [1.54, 1.807) is 6.26 Å². The summed E-state index contributed by atoms with van der Waals surface area (Å²) in [6.45, 7) is 4.74. The predicted octanol–water partition coefficient (Wildman–Crippen LogP) is 2.68. The first-order valence-electron chi connectivity index (χ1n) is 6.58. The average molecular weight is 259 g/mol. The van der Waals surface area contributed by atoms with Gasteiger partial charge in [0, 0.05) is 23.9 Å². The molecule has 0 fully saturated rings. The molecule has 0 spiro atoms. The number of fused-ring (bicyclic) bond motifs is 1. The molecule has 1 N–H and O–H groups in total. The molecule has 0 radical (unpaired) electrons. The lowest BCUT2D eigenvalue weighted by molar-refractivity contribution is 0.0995. The second kappa shape index (κ2) is 4.57. The molecule has 3 rings (SSSR count). The molecule has 2 aromatic heterocycles. The Morgan fingerprint density at radius 1 is 1.42 bits per heavy atom. The Morgan fingerprint density at radius 3 is 2.95 bits per heavy atom. The number of furan rings is 1. The number of hydrogen-bond donors (Lipinski definition) is 1. The van der Waals surface area contributed by atoms with Crippen molar-refractivity contribution in [2.24, 2.45) is 0 Å². The van der Waals surface area contributed by atoms with E-state index < -0.39 is 0 Å². The fourth-order valence-corrected chi connectivity index (χ4v) is 2.38. The van der Waals surface area contributed by atoms with Crippen LogP contribution in [0, 0.1) is 13.8 Å². The lowest BCUT2D eigenvalue weighted by Crippen LogP contribution is -2.14. The molecule has 5 heteroatoms. The smallest absolute Gasteiger partial charge is 0.292 e. The number of carbonyl (C=O) groups is 1. The van der Waals surface area contributed by atoms with E-state index in [9.17, 15) is 4.79 Å². The van der Waals surface area contributed by atoms with Gasteiger partial charge in [-0.25, -0.2) is 0 Å². The van der Waals surface area contributed by atoms with Gasteiger partial charge in [0.15, 0.2) is 11.6 Å². The SMILES string of the molecule is Cc1coc(C(=O)Nc2cc3n(n2)CCCC3)c1C. The molecule has 0 aliphatic carbocycles. The molecule has 1 aliphatic rings. The number of rotatable bonds is 2. The Morgan fingerprint density at radius 2 is 2.26 bits per heavy atom. The highest BCUT2D eigenvalue weighted by atomic mass is 16.3. The normalized spacial score (nSPS) is 14.2. The summed E-state index contributed by atoms with van der Waals surface area (Å²) in [4.78, 5) is 12.1. The van der Waals surface area contributed by atoms with Gasteiger partial charge in [0.2, 0.25) is 0 Å². The van der Waals surface area contributed by atoms with E-state index in [1.807, 2.05) is 24.6 Å². The third-order valence-electron chi connectivity index (χ3n) is 3.65. The zero-order valence-electron chi connectivity index (χ0n) is 11.2. The molecular weight excluding hydrogens is 242 g/mol. The number of aromatic nitrogens is 2. The zero-order valence-corrected chi connectivity index (χ0v) is 11.2. The number of hydrogen-bond acceptors (Lipinski definition) is 3. The Balaban J connectivity index is 1.79. The number of nitrogens with one attached hydrogen (secondary N) is 1. The van der Waals surface area contributed by atoms with Gasteiger partial charge in [-0.05, 0) is 38.7 Å². The van der Waals surface area contributed by atoms with Crippen molar-refractivity contribution in [1.82, 2.24) is 9.78 Å². The molecule has 1 aliphatic heterocycles. The maximum atomic E-state index is 12.1. The van der Waals surface area contributed by atoms with Crippen LogP contribution in [-0.4, -0.2) is 15.7 Å². The highest BCUT2D eigenvalue weighted by Crippen LogP contribution is 2.20. The number of aryl methyl sites for hydroxylation is 3. The van der Waals surface area contributed by atoms with Crippen molar-refractivity contribution in [3.8, 4) is 0 Å². The number of anilines is 1. The first-order chi connectivity index (χ1) is 9.15. The standard InChI is InChI=1S/C14H17N3O2/c1-9-8-19-13(10(9)2)14(18)15-12-7-11-5-3-4-6-17(11)16-12/h7-8H,3-6H2,1-2H3,(H,15,16,18). The van der Waals surface area contributed by atoms with Crippen molar-refractivity contribution in [2.75, 3.05) is 5.32 Å². The monoisotopic (exact) mass is 259 g/mol. The van der Waals surface area contributed by atoms with Crippen molar-refractivity contribution in [2.45, 2.75) is 39.7 Å². The molecule has 19 heavy (non-hydrogen) atoms. The Kier molecular flexibility index (Phi) is 2.89. The van der Waals surface area contributed by atoms with Crippen molar-refractivity contribution in [1.29, 1.82) is 0 Å². The van der Waals surface area contributed by atoms with E-state index in [2.05, 4.69) is 10.4 Å². The number of nitrogens with zero attached hydrogens (tertiary/aromatic N) is 2. The van der Waals surface area contributed by atoms with Crippen LogP contribution in [0.5, 0.6) is 0 Å². The zero-order chi connectivity index (χ0) is 13.4. The second-order valence-electron chi connectivity index (χ2n) is 5.03. The van der Waals surface area contributed by atoms with Crippen LogP contribution in [0.1, 0.15) is 40.2 Å². The van der Waals surface area contributed by atoms with Gasteiger partial charge < -0.3 is 9.73 Å². The summed E-state index contributed by atoms with van der Waals surface area (Å²) in [6, 6.07) is 1.95. The van der Waals surface area contributed by atoms with Crippen molar-refractivity contribution in [3.05, 3.63) is 34.9 Å². The molecule has 0 saturated carbocycles. The fourth-order valence-electron chi connectivity index (χ4n) is 2.38. The molecule has 3 heterocycles. The van der Waals surface area contributed by atoms with Gasteiger partial charge in [-0.3, -0.25) is 9.48 Å². The largest absolute Gasteiger partial charge is 0.459 e. The van der Waals surface area contributed by atoms with Gasteiger partial charge in [0.05, 0.1) is 6.26 Å². The van der Waals surface area contributed by atoms with Crippen LogP contribution < -0.4 is 5.32 Å². The van der Waals surface area contributed by atoms with E-state index in [4.69, 9.17) is 4.42 Å². The van der Waals surface area contributed by atoms with E-state index in [0.717, 1.165) is 30.5 Å². The number of carbonyl (C=O) groups excluding carboxylic acids is 1. The van der Waals surface area contributed by atoms with Gasteiger partial charge in [-0.2, -0.15) is 5.10 Å². The maximum Gasteiger partial charge on any atom is 0.292 e. The van der Waals surface area contributed by atoms with Crippen LogP contribution in [0.25, 0.3) is 0 Å². The summed E-state index contributed by atoms with van der Waals surface area (Å²) in [5, 5.41) is 7.20. The third-order valence-corrected chi connectivity index (χ3v) is 3.65. The van der Waals surface area contributed by atoms with Crippen LogP contribution in [0.15, 0.2) is 16.7 Å². The minimum Gasteiger partial charge on any atom is -0.459 e. The molecule has 0 atom stereocenters. The van der Waals surface area contributed by atoms with E-state index in [1.165, 1.54) is 12.1 Å². The van der Waals surface area contributed by atoms with Crippen LogP contribution >= 0.6 is 0 Å². The van der Waals surface area contributed by atoms with Crippen molar-refractivity contribution in [3.63, 3.8) is 0 Å². The second-order valence-corrected chi connectivity index (χ2v) is 5.03. The molecule has 2 aromatic rings. The molecule has 1 amide bonds. The van der Waals surface area contributed by atoms with Gasteiger partial charge >= 0.3 is 0 Å². The Hall–Kier alpha value is -2.04. The highest BCUT2D eigenvalue weighted by molar-refractivity contribution is 6.02. The minimum atomic E-state index is -0.235. The molecule has 5 nitrogen and oxygen atoms in total. The molecule has 0 saturated heterocycles. The fraction of sp³-hybridized carbons (Fsp3) is 0.429. The van der Waals surface area contributed by atoms with Crippen LogP contribution in [0.2, 0.25) is 0 Å². The summed E-state index contributed by atoms with van der Waals surface area (Å²) < 4.78 is 7.26. The number of amides is 1. The average Bonchev–Trinajstić information content (AvgIpc) is 2.93. The van der Waals surface area contributed by atoms with Gasteiger partial charge in [-0.1, -0.05) is 0 Å². The first-order valence-corrected chi connectivity index (χ1v) is 6.58. The Bertz CT molecular complexity index is 601. The summed E-state index contributed by atoms with van der Waals surface area (Å²) in [5.41, 5.74) is 3.05. The summed E-state index contributed by atoms with van der Waals surface area (Å²) in [5.74, 6) is 0.736. The highest BCUT2D eigenvalue weighted by Gasteiger charge is 2.18. The molecule has 100 valence electrons. The Labute approximate surface area is 111 Å². The molecule has 0 aromatic carbocycles. The van der Waals surface area contributed by atoms with Crippen LogP contribution in [-0.2, 0) is 13.0 Å². The quantitative estimate of drug-likeness (QED) is 0.902. The van der Waals surface area contributed by atoms with E-state index >= 15 is 0 Å². The molecular formula is C14H17N3O2. The lowest BCUT2D eigenvalue weighted by Gasteiger charge is -2.11. The van der Waals surface area contributed by atoms with Crippen LogP contribution in [0.3, 0.4) is 0 Å². The van der Waals surface area contributed by atoms with E-state index in [-0.39, 0.29) is 5.91 Å². The summed E-state index contributed by atoms with van der Waals surface area (Å²) >= 11 is 0. The van der Waals surface area contributed by atoms with Crippen molar-refractivity contribution < 1.29 is 9.21 Å². The summed E-state index contributed by atoms with van der Waals surface area (Å²) in [7, 11) is 0. The summed E-state index contributed by atoms with van der Waals surface area (Å²) in [6.07, 6.45) is 4.97. The topological polar surface area (TPSA) is 60.1 Å². The molecule has 0 bridgehead atoms. The third kappa shape index (κ3) is 2.16. The molecule has 0 unspecified atom stereocenters. The van der Waals surface area contributed by atoms with Gasteiger partial charge in [-0.15, -0.1) is 0 Å². The lowest BCUT2D eigenvalue weighted by atomic mass is 10.1. The maximum absolute atomic E-state index is 12.1. The minimum absolute atomic E-state index is 0.235. The van der Waals surface area contributed by atoms with Crippen LogP contribution in [0.4, 0.5) is 5.82 Å². The van der Waals surface area contributed by atoms with Crippen molar-refractivity contribution >= 4 is 11.7 Å². The predicted molar refractivity (Wildman–Crippen MR) is 71.3 cm³/mol. The van der Waals surface area contributed by atoms with Gasteiger partial charge in [0.1, 0.15) is 0 Å². The first kappa shape index (κ1) is 12.0.